The van der Waals surface area contributed by atoms with Gasteiger partial charge in [0.25, 0.3) is 0 Å². The van der Waals surface area contributed by atoms with Crippen LogP contribution in [0, 0.1) is 5.41 Å². The van der Waals surface area contributed by atoms with Crippen LogP contribution in [0.1, 0.15) is 19.3 Å². The summed E-state index contributed by atoms with van der Waals surface area (Å²) >= 11 is 0. The summed E-state index contributed by atoms with van der Waals surface area (Å²) in [5.41, 5.74) is -0.0327. The molecule has 8 heteroatoms. The summed E-state index contributed by atoms with van der Waals surface area (Å²) in [5, 5.41) is 22.0. The molecule has 4 heterocycles. The van der Waals surface area contributed by atoms with Crippen LogP contribution in [0.25, 0.3) is 11.5 Å². The Kier molecular flexibility index (Phi) is 3.91. The molecule has 2 aromatic rings. The fourth-order valence-corrected chi connectivity index (χ4v) is 3.86. The van der Waals surface area contributed by atoms with Crippen LogP contribution < -0.4 is 10.2 Å². The maximum absolute atomic E-state index is 12.5. The highest BCUT2D eigenvalue weighted by molar-refractivity contribution is 5.85. The first-order chi connectivity index (χ1) is 12.1. The van der Waals surface area contributed by atoms with Crippen molar-refractivity contribution in [3.8, 4) is 11.5 Å². The minimum atomic E-state index is -0.740. The second-order valence-electron chi connectivity index (χ2n) is 6.88. The monoisotopic (exact) mass is 342 g/mol. The van der Waals surface area contributed by atoms with E-state index in [9.17, 15) is 9.90 Å². The standard InChI is InChI=1S/C17H22N6O2/c1-22-10-8-18-15(22)12-3-4-14(21-20-12)23-9-5-13(24)17(11-23)6-2-7-19-16(17)25/h3-4,8,10,13,24H,2,5-7,9,11H2,1H3,(H,19,25)/t13-,17+/m0/s1. The molecule has 2 saturated heterocycles. The smallest absolute Gasteiger partial charge is 0.230 e. The molecule has 25 heavy (non-hydrogen) atoms. The zero-order chi connectivity index (χ0) is 17.4. The lowest BCUT2D eigenvalue weighted by atomic mass is 9.71. The molecule has 1 amide bonds. The summed E-state index contributed by atoms with van der Waals surface area (Å²) in [6, 6.07) is 3.80. The van der Waals surface area contributed by atoms with Gasteiger partial charge in [0.05, 0.1) is 11.5 Å². The summed E-state index contributed by atoms with van der Waals surface area (Å²) in [6.07, 6.45) is 5.13. The van der Waals surface area contributed by atoms with E-state index in [0.717, 1.165) is 18.1 Å². The van der Waals surface area contributed by atoms with Gasteiger partial charge < -0.3 is 19.9 Å². The van der Waals surface area contributed by atoms with Crippen molar-refractivity contribution in [3.63, 3.8) is 0 Å². The lowest BCUT2D eigenvalue weighted by molar-refractivity contribution is -0.142. The lowest BCUT2D eigenvalue weighted by Gasteiger charge is -2.47. The van der Waals surface area contributed by atoms with Crippen LogP contribution in [-0.2, 0) is 11.8 Å². The molecular weight excluding hydrogens is 320 g/mol. The van der Waals surface area contributed by atoms with Crippen molar-refractivity contribution >= 4 is 11.7 Å². The van der Waals surface area contributed by atoms with Gasteiger partial charge >= 0.3 is 0 Å². The molecule has 2 fully saturated rings. The number of anilines is 1. The summed E-state index contributed by atoms with van der Waals surface area (Å²) in [7, 11) is 1.91. The van der Waals surface area contributed by atoms with Gasteiger partial charge in [0, 0.05) is 39.1 Å². The van der Waals surface area contributed by atoms with Gasteiger partial charge in [-0.05, 0) is 31.4 Å². The Labute approximate surface area is 145 Å². The third-order valence-electron chi connectivity index (χ3n) is 5.35. The zero-order valence-corrected chi connectivity index (χ0v) is 14.2. The SMILES string of the molecule is Cn1ccnc1-c1ccc(N2CC[C@H](O)[C@@]3(CCCNC3=O)C2)nn1. The molecule has 0 bridgehead atoms. The van der Waals surface area contributed by atoms with Gasteiger partial charge in [-0.3, -0.25) is 4.79 Å². The number of piperidine rings is 2. The predicted molar refractivity (Wildman–Crippen MR) is 91.7 cm³/mol. The number of hydrogen-bond acceptors (Lipinski definition) is 6. The number of imidazole rings is 1. The predicted octanol–water partition coefficient (Wildman–Crippen LogP) is 0.344. The van der Waals surface area contributed by atoms with E-state index in [-0.39, 0.29) is 5.91 Å². The molecule has 2 atom stereocenters. The van der Waals surface area contributed by atoms with Gasteiger partial charge in [-0.2, -0.15) is 0 Å². The van der Waals surface area contributed by atoms with E-state index < -0.39 is 11.5 Å². The molecule has 0 unspecified atom stereocenters. The molecule has 8 nitrogen and oxygen atoms in total. The Bertz CT molecular complexity index is 774. The highest BCUT2D eigenvalue weighted by Gasteiger charge is 2.50. The first kappa shape index (κ1) is 16.0. The van der Waals surface area contributed by atoms with Gasteiger partial charge in [-0.15, -0.1) is 10.2 Å². The summed E-state index contributed by atoms with van der Waals surface area (Å²) in [4.78, 5) is 18.8. The molecular formula is C17H22N6O2. The summed E-state index contributed by atoms with van der Waals surface area (Å²) < 4.78 is 1.89. The Morgan fingerprint density at radius 2 is 2.24 bits per heavy atom. The quantitative estimate of drug-likeness (QED) is 0.817. The maximum atomic E-state index is 12.5. The van der Waals surface area contributed by atoms with Crippen molar-refractivity contribution in [2.45, 2.75) is 25.4 Å². The minimum absolute atomic E-state index is 0.0476. The molecule has 2 aliphatic heterocycles. The average Bonchev–Trinajstić information content (AvgIpc) is 3.06. The Morgan fingerprint density at radius 1 is 1.36 bits per heavy atom. The van der Waals surface area contributed by atoms with E-state index >= 15 is 0 Å². The van der Waals surface area contributed by atoms with Gasteiger partial charge in [0.2, 0.25) is 5.91 Å². The Balaban J connectivity index is 1.57. The van der Waals surface area contributed by atoms with E-state index in [1.807, 2.05) is 34.8 Å². The van der Waals surface area contributed by atoms with Crippen LogP contribution in [0.5, 0.6) is 0 Å². The van der Waals surface area contributed by atoms with Crippen LogP contribution in [0.15, 0.2) is 24.5 Å². The molecule has 4 rings (SSSR count). The van der Waals surface area contributed by atoms with Crippen molar-refractivity contribution in [3.05, 3.63) is 24.5 Å². The fraction of sp³-hybridized carbons (Fsp3) is 0.529. The molecule has 2 N–H and O–H groups in total. The highest BCUT2D eigenvalue weighted by atomic mass is 16.3. The molecule has 2 aromatic heterocycles. The molecule has 2 aliphatic rings. The van der Waals surface area contributed by atoms with Crippen LogP contribution in [0.3, 0.4) is 0 Å². The van der Waals surface area contributed by atoms with Crippen molar-refractivity contribution in [2.24, 2.45) is 12.5 Å². The molecule has 0 radical (unpaired) electrons. The van der Waals surface area contributed by atoms with E-state index in [1.54, 1.807) is 6.20 Å². The van der Waals surface area contributed by atoms with E-state index in [4.69, 9.17) is 0 Å². The zero-order valence-electron chi connectivity index (χ0n) is 14.2. The second kappa shape index (κ2) is 6.11. The molecule has 1 spiro atoms. The number of aromatic nitrogens is 4. The normalized spacial score (nSPS) is 26.7. The van der Waals surface area contributed by atoms with Crippen molar-refractivity contribution in [1.82, 2.24) is 25.1 Å². The minimum Gasteiger partial charge on any atom is -0.392 e. The van der Waals surface area contributed by atoms with Crippen molar-refractivity contribution in [1.29, 1.82) is 0 Å². The van der Waals surface area contributed by atoms with E-state index in [2.05, 4.69) is 20.5 Å². The number of aliphatic hydroxyl groups excluding tert-OH is 1. The van der Waals surface area contributed by atoms with Gasteiger partial charge in [0.15, 0.2) is 11.6 Å². The molecule has 0 aromatic carbocycles. The largest absolute Gasteiger partial charge is 0.392 e. The van der Waals surface area contributed by atoms with Crippen LogP contribution in [0.4, 0.5) is 5.82 Å². The Morgan fingerprint density at radius 3 is 2.92 bits per heavy atom. The lowest BCUT2D eigenvalue weighted by Crippen LogP contribution is -2.61. The number of aryl methyl sites for hydroxylation is 1. The van der Waals surface area contributed by atoms with Crippen LogP contribution in [-0.4, -0.2) is 56.5 Å². The first-order valence-electron chi connectivity index (χ1n) is 8.63. The fourth-order valence-electron chi connectivity index (χ4n) is 3.86. The topological polar surface area (TPSA) is 96.2 Å². The van der Waals surface area contributed by atoms with Crippen molar-refractivity contribution in [2.75, 3.05) is 24.5 Å². The molecule has 132 valence electrons. The van der Waals surface area contributed by atoms with Crippen LogP contribution >= 0.6 is 0 Å². The third kappa shape index (κ3) is 2.66. The van der Waals surface area contributed by atoms with E-state index in [0.29, 0.717) is 38.2 Å². The summed E-state index contributed by atoms with van der Waals surface area (Å²) in [5.74, 6) is 1.44. The number of rotatable bonds is 2. The number of nitrogens with one attached hydrogen (secondary N) is 1. The molecule has 0 saturated carbocycles. The average molecular weight is 342 g/mol. The van der Waals surface area contributed by atoms with Gasteiger partial charge in [0.1, 0.15) is 5.69 Å². The highest BCUT2D eigenvalue weighted by Crippen LogP contribution is 2.38. The third-order valence-corrected chi connectivity index (χ3v) is 5.35. The van der Waals surface area contributed by atoms with Crippen LogP contribution in [0.2, 0.25) is 0 Å². The second-order valence-corrected chi connectivity index (χ2v) is 6.88. The maximum Gasteiger partial charge on any atom is 0.230 e. The molecule has 0 aliphatic carbocycles. The van der Waals surface area contributed by atoms with Gasteiger partial charge in [-0.1, -0.05) is 0 Å². The Hall–Kier alpha value is -2.48. The number of amides is 1. The number of carbonyl (C=O) groups is 1. The number of nitrogens with zero attached hydrogens (tertiary/aromatic N) is 5. The number of hydrogen-bond donors (Lipinski definition) is 2. The first-order valence-corrected chi connectivity index (χ1v) is 8.63. The number of carbonyl (C=O) groups excluding carboxylic acids is 1. The number of aliphatic hydroxyl groups is 1. The van der Waals surface area contributed by atoms with E-state index in [1.165, 1.54) is 0 Å². The van der Waals surface area contributed by atoms with Gasteiger partial charge in [-0.25, -0.2) is 4.98 Å². The summed E-state index contributed by atoms with van der Waals surface area (Å²) in [6.45, 7) is 1.81. The van der Waals surface area contributed by atoms with Crippen molar-refractivity contribution < 1.29 is 9.90 Å².